The van der Waals surface area contributed by atoms with E-state index in [-0.39, 0.29) is 11.3 Å². The van der Waals surface area contributed by atoms with Gasteiger partial charge in [0.1, 0.15) is 17.3 Å². The van der Waals surface area contributed by atoms with E-state index in [1.165, 1.54) is 19.2 Å². The maximum atomic E-state index is 14.0. The molecule has 0 spiro atoms. The summed E-state index contributed by atoms with van der Waals surface area (Å²) in [5.74, 6) is 0.150. The Morgan fingerprint density at radius 3 is 2.24 bits per heavy atom. The van der Waals surface area contributed by atoms with Crippen LogP contribution in [0.15, 0.2) is 30.3 Å². The molecule has 0 unspecified atom stereocenters. The molecular formula is C17H17FO3. The first-order valence-corrected chi connectivity index (χ1v) is 6.51. The molecule has 0 heterocycles. The summed E-state index contributed by atoms with van der Waals surface area (Å²) >= 11 is 0. The van der Waals surface area contributed by atoms with Gasteiger partial charge in [0.25, 0.3) is 0 Å². The van der Waals surface area contributed by atoms with Crippen molar-refractivity contribution >= 4 is 5.78 Å². The number of ether oxygens (including phenoxy) is 2. The molecule has 2 aromatic rings. The fraction of sp³-hybridized carbons (Fsp3) is 0.235. The van der Waals surface area contributed by atoms with Crippen LogP contribution in [0.5, 0.6) is 11.5 Å². The Balaban J connectivity index is 2.47. The highest BCUT2D eigenvalue weighted by Gasteiger charge is 2.18. The van der Waals surface area contributed by atoms with Crippen molar-refractivity contribution < 1.29 is 18.7 Å². The molecule has 0 aromatic heterocycles. The average molecular weight is 288 g/mol. The molecular weight excluding hydrogens is 271 g/mol. The third-order valence-corrected chi connectivity index (χ3v) is 3.41. The van der Waals surface area contributed by atoms with Crippen LogP contribution in [0.4, 0.5) is 4.39 Å². The minimum atomic E-state index is -0.591. The highest BCUT2D eigenvalue weighted by molar-refractivity contribution is 6.10. The molecule has 0 saturated heterocycles. The van der Waals surface area contributed by atoms with E-state index in [9.17, 15) is 9.18 Å². The summed E-state index contributed by atoms with van der Waals surface area (Å²) in [6.07, 6.45) is 0. The Hall–Kier alpha value is -2.36. The van der Waals surface area contributed by atoms with Gasteiger partial charge in [-0.1, -0.05) is 0 Å². The number of benzene rings is 2. The van der Waals surface area contributed by atoms with Crippen LogP contribution in [0.25, 0.3) is 0 Å². The fourth-order valence-corrected chi connectivity index (χ4v) is 2.21. The molecule has 0 aliphatic carbocycles. The second-order valence-corrected chi connectivity index (χ2v) is 4.81. The van der Waals surface area contributed by atoms with E-state index < -0.39 is 5.82 Å². The molecule has 0 saturated carbocycles. The number of ketones is 1. The van der Waals surface area contributed by atoms with Gasteiger partial charge in [-0.25, -0.2) is 4.39 Å². The Morgan fingerprint density at radius 2 is 1.67 bits per heavy atom. The molecule has 0 fully saturated rings. The maximum absolute atomic E-state index is 14.0. The SMILES string of the molecule is COc1ccc(C(=O)c2cc(C)c(OC)cc2C)c(F)c1. The summed E-state index contributed by atoms with van der Waals surface area (Å²) in [6.45, 7) is 3.65. The van der Waals surface area contributed by atoms with Crippen LogP contribution in [0.1, 0.15) is 27.0 Å². The van der Waals surface area contributed by atoms with Crippen LogP contribution in [-0.4, -0.2) is 20.0 Å². The average Bonchev–Trinajstić information content (AvgIpc) is 2.48. The predicted molar refractivity (Wildman–Crippen MR) is 78.9 cm³/mol. The molecule has 3 nitrogen and oxygen atoms in total. The highest BCUT2D eigenvalue weighted by atomic mass is 19.1. The lowest BCUT2D eigenvalue weighted by molar-refractivity contribution is 0.103. The fourth-order valence-electron chi connectivity index (χ4n) is 2.21. The summed E-state index contributed by atoms with van der Waals surface area (Å²) in [6, 6.07) is 7.72. The van der Waals surface area contributed by atoms with Crippen molar-refractivity contribution in [2.45, 2.75) is 13.8 Å². The third kappa shape index (κ3) is 2.89. The lowest BCUT2D eigenvalue weighted by atomic mass is 9.96. The quantitative estimate of drug-likeness (QED) is 0.805. The van der Waals surface area contributed by atoms with Gasteiger partial charge in [-0.05, 0) is 49.2 Å². The number of hydrogen-bond donors (Lipinski definition) is 0. The van der Waals surface area contributed by atoms with E-state index >= 15 is 0 Å². The van der Waals surface area contributed by atoms with Crippen LogP contribution in [-0.2, 0) is 0 Å². The molecule has 0 aliphatic heterocycles. The van der Waals surface area contributed by atoms with Gasteiger partial charge in [0.2, 0.25) is 0 Å². The lowest BCUT2D eigenvalue weighted by Gasteiger charge is -2.11. The third-order valence-electron chi connectivity index (χ3n) is 3.41. The van der Waals surface area contributed by atoms with Gasteiger partial charge in [-0.2, -0.15) is 0 Å². The number of methoxy groups -OCH3 is 2. The minimum Gasteiger partial charge on any atom is -0.497 e. The number of halogens is 1. The molecule has 110 valence electrons. The van der Waals surface area contributed by atoms with E-state index in [1.807, 2.05) is 6.92 Å². The molecule has 0 atom stereocenters. The van der Waals surface area contributed by atoms with Crippen LogP contribution in [0, 0.1) is 19.7 Å². The summed E-state index contributed by atoms with van der Waals surface area (Å²) in [4.78, 5) is 12.5. The standard InChI is InChI=1S/C17H17FO3/c1-10-8-16(21-4)11(2)7-14(10)17(19)13-6-5-12(20-3)9-15(13)18/h5-9H,1-4H3. The Kier molecular flexibility index (Phi) is 4.26. The van der Waals surface area contributed by atoms with Crippen molar-refractivity contribution in [3.05, 3.63) is 58.4 Å². The molecule has 0 bridgehead atoms. The molecule has 2 aromatic carbocycles. The molecule has 21 heavy (non-hydrogen) atoms. The van der Waals surface area contributed by atoms with Crippen LogP contribution in [0.3, 0.4) is 0 Å². The number of rotatable bonds is 4. The van der Waals surface area contributed by atoms with Crippen molar-refractivity contribution in [2.24, 2.45) is 0 Å². The van der Waals surface area contributed by atoms with E-state index in [0.717, 1.165) is 11.1 Å². The van der Waals surface area contributed by atoms with Crippen molar-refractivity contribution in [2.75, 3.05) is 14.2 Å². The Morgan fingerprint density at radius 1 is 0.952 bits per heavy atom. The first-order chi connectivity index (χ1) is 9.97. The Labute approximate surface area is 123 Å². The molecule has 0 aliphatic rings. The molecule has 0 radical (unpaired) electrons. The van der Waals surface area contributed by atoms with Crippen LogP contribution in [0.2, 0.25) is 0 Å². The van der Waals surface area contributed by atoms with Crippen LogP contribution < -0.4 is 9.47 Å². The summed E-state index contributed by atoms with van der Waals surface area (Å²) in [5.41, 5.74) is 2.08. The van der Waals surface area contributed by atoms with Crippen molar-refractivity contribution in [3.8, 4) is 11.5 Å². The van der Waals surface area contributed by atoms with E-state index in [0.29, 0.717) is 17.1 Å². The van der Waals surface area contributed by atoms with Crippen molar-refractivity contribution in [1.29, 1.82) is 0 Å². The van der Waals surface area contributed by atoms with Gasteiger partial charge in [-0.15, -0.1) is 0 Å². The second-order valence-electron chi connectivity index (χ2n) is 4.81. The highest BCUT2D eigenvalue weighted by Crippen LogP contribution is 2.26. The van der Waals surface area contributed by atoms with Gasteiger partial charge < -0.3 is 9.47 Å². The van der Waals surface area contributed by atoms with Crippen molar-refractivity contribution in [1.82, 2.24) is 0 Å². The van der Waals surface area contributed by atoms with Gasteiger partial charge in [-0.3, -0.25) is 4.79 Å². The first kappa shape index (κ1) is 15.0. The van der Waals surface area contributed by atoms with Gasteiger partial charge >= 0.3 is 0 Å². The topological polar surface area (TPSA) is 35.5 Å². The number of carbonyl (C=O) groups excluding carboxylic acids is 1. The van der Waals surface area contributed by atoms with E-state index in [4.69, 9.17) is 9.47 Å². The molecule has 0 N–H and O–H groups in total. The lowest BCUT2D eigenvalue weighted by Crippen LogP contribution is -2.07. The van der Waals surface area contributed by atoms with Gasteiger partial charge in [0, 0.05) is 11.6 Å². The maximum Gasteiger partial charge on any atom is 0.196 e. The zero-order chi connectivity index (χ0) is 15.6. The monoisotopic (exact) mass is 288 g/mol. The second kappa shape index (κ2) is 5.95. The van der Waals surface area contributed by atoms with Crippen molar-refractivity contribution in [3.63, 3.8) is 0 Å². The zero-order valence-corrected chi connectivity index (χ0v) is 12.5. The number of aryl methyl sites for hydroxylation is 2. The zero-order valence-electron chi connectivity index (χ0n) is 12.5. The predicted octanol–water partition coefficient (Wildman–Crippen LogP) is 3.69. The number of carbonyl (C=O) groups is 1. The van der Waals surface area contributed by atoms with Gasteiger partial charge in [0.05, 0.1) is 19.8 Å². The number of hydrogen-bond acceptors (Lipinski definition) is 3. The van der Waals surface area contributed by atoms with E-state index in [2.05, 4.69) is 0 Å². The summed E-state index contributed by atoms with van der Waals surface area (Å²) < 4.78 is 24.2. The smallest absolute Gasteiger partial charge is 0.196 e. The minimum absolute atomic E-state index is 0.0310. The summed E-state index contributed by atoms with van der Waals surface area (Å²) in [7, 11) is 3.03. The molecule has 2 rings (SSSR count). The van der Waals surface area contributed by atoms with Gasteiger partial charge in [0.15, 0.2) is 5.78 Å². The normalized spacial score (nSPS) is 10.3. The Bertz CT molecular complexity index is 693. The largest absolute Gasteiger partial charge is 0.497 e. The first-order valence-electron chi connectivity index (χ1n) is 6.51. The summed E-state index contributed by atoms with van der Waals surface area (Å²) in [5, 5.41) is 0. The van der Waals surface area contributed by atoms with E-state index in [1.54, 1.807) is 32.2 Å². The molecule has 4 heteroatoms. The molecule has 0 amide bonds. The van der Waals surface area contributed by atoms with Crippen LogP contribution >= 0.6 is 0 Å².